The number of benzene rings is 2. The summed E-state index contributed by atoms with van der Waals surface area (Å²) in [5.41, 5.74) is 1.32. The predicted molar refractivity (Wildman–Crippen MR) is 99.2 cm³/mol. The van der Waals surface area contributed by atoms with Gasteiger partial charge in [-0.1, -0.05) is 36.4 Å². The van der Waals surface area contributed by atoms with Crippen molar-refractivity contribution in [1.29, 1.82) is 0 Å². The average molecular weight is 357 g/mol. The molecule has 0 aromatic heterocycles. The van der Waals surface area contributed by atoms with E-state index in [0.717, 1.165) is 11.3 Å². The van der Waals surface area contributed by atoms with E-state index in [-0.39, 0.29) is 24.1 Å². The number of para-hydroxylation sites is 2. The van der Waals surface area contributed by atoms with Crippen LogP contribution in [0.25, 0.3) is 0 Å². The number of nitrogens with zero attached hydrogens (tertiary/aromatic N) is 2. The molecule has 0 aliphatic heterocycles. The molecule has 0 heterocycles. The molecule has 0 radical (unpaired) electrons. The number of ether oxygens (including phenoxy) is 1. The summed E-state index contributed by atoms with van der Waals surface area (Å²) < 4.78 is 5.41. The molecule has 0 fully saturated rings. The third-order valence-corrected chi connectivity index (χ3v) is 4.15. The molecule has 7 heteroatoms. The van der Waals surface area contributed by atoms with Crippen molar-refractivity contribution in [3.63, 3.8) is 0 Å². The standard InChI is InChI=1S/C19H23N3O4/c1-21(2)17(15-9-5-7-11-18(15)26-3)13-20-19(23)12-14-8-4-6-10-16(14)22(24)25/h4-11,17H,12-13H2,1-3H3,(H,20,23). The number of nitro benzene ring substituents is 1. The second-order valence-corrected chi connectivity index (χ2v) is 6.09. The topological polar surface area (TPSA) is 84.7 Å². The molecule has 2 aromatic rings. The van der Waals surface area contributed by atoms with Crippen LogP contribution in [0.1, 0.15) is 17.2 Å². The fourth-order valence-electron chi connectivity index (χ4n) is 2.80. The van der Waals surface area contributed by atoms with E-state index in [0.29, 0.717) is 12.1 Å². The summed E-state index contributed by atoms with van der Waals surface area (Å²) >= 11 is 0. The van der Waals surface area contributed by atoms with Crippen LogP contribution in [0.15, 0.2) is 48.5 Å². The summed E-state index contributed by atoms with van der Waals surface area (Å²) in [6, 6.07) is 13.8. The lowest BCUT2D eigenvalue weighted by Gasteiger charge is -2.26. The lowest BCUT2D eigenvalue weighted by atomic mass is 10.0. The Balaban J connectivity index is 2.08. The SMILES string of the molecule is COc1ccccc1C(CNC(=O)Cc1ccccc1[N+](=O)[O-])N(C)C. The van der Waals surface area contributed by atoms with Crippen LogP contribution in [-0.4, -0.2) is 43.5 Å². The van der Waals surface area contributed by atoms with Gasteiger partial charge in [0, 0.05) is 23.7 Å². The molecule has 1 N–H and O–H groups in total. The molecule has 138 valence electrons. The third kappa shape index (κ3) is 4.80. The first-order valence-electron chi connectivity index (χ1n) is 8.22. The smallest absolute Gasteiger partial charge is 0.273 e. The largest absolute Gasteiger partial charge is 0.496 e. The number of carbonyl (C=O) groups is 1. The van der Waals surface area contributed by atoms with Gasteiger partial charge in [0.25, 0.3) is 5.69 Å². The van der Waals surface area contributed by atoms with Crippen LogP contribution in [0.3, 0.4) is 0 Å². The highest BCUT2D eigenvalue weighted by molar-refractivity contribution is 5.79. The van der Waals surface area contributed by atoms with Crippen molar-refractivity contribution in [2.75, 3.05) is 27.7 Å². The minimum absolute atomic E-state index is 0.0385. The number of hydrogen-bond acceptors (Lipinski definition) is 5. The Hall–Kier alpha value is -2.93. The quantitative estimate of drug-likeness (QED) is 0.580. The van der Waals surface area contributed by atoms with Crippen LogP contribution in [-0.2, 0) is 11.2 Å². The minimum atomic E-state index is -0.472. The normalized spacial score (nSPS) is 11.8. The van der Waals surface area contributed by atoms with Crippen molar-refractivity contribution < 1.29 is 14.5 Å². The van der Waals surface area contributed by atoms with Crippen LogP contribution in [0.4, 0.5) is 5.69 Å². The van der Waals surface area contributed by atoms with Crippen LogP contribution < -0.4 is 10.1 Å². The Morgan fingerprint density at radius 1 is 1.19 bits per heavy atom. The Morgan fingerprint density at radius 3 is 2.50 bits per heavy atom. The molecule has 0 bridgehead atoms. The molecule has 1 amide bonds. The molecule has 0 aliphatic carbocycles. The van der Waals surface area contributed by atoms with Gasteiger partial charge < -0.3 is 15.0 Å². The number of hydrogen-bond donors (Lipinski definition) is 1. The van der Waals surface area contributed by atoms with Gasteiger partial charge in [-0.2, -0.15) is 0 Å². The molecule has 0 saturated heterocycles. The van der Waals surface area contributed by atoms with Crippen molar-refractivity contribution >= 4 is 11.6 Å². The summed E-state index contributed by atoms with van der Waals surface area (Å²) in [6.07, 6.45) is -0.0385. The number of nitro groups is 1. The zero-order chi connectivity index (χ0) is 19.1. The average Bonchev–Trinajstić information content (AvgIpc) is 2.62. The van der Waals surface area contributed by atoms with Crippen LogP contribution >= 0.6 is 0 Å². The lowest BCUT2D eigenvalue weighted by Crippen LogP contribution is -2.35. The number of likely N-dealkylation sites (N-methyl/N-ethyl adjacent to an activating group) is 1. The van der Waals surface area contributed by atoms with Gasteiger partial charge >= 0.3 is 0 Å². The maximum absolute atomic E-state index is 12.3. The van der Waals surface area contributed by atoms with Crippen molar-refractivity contribution in [1.82, 2.24) is 10.2 Å². The number of carbonyl (C=O) groups excluding carboxylic acids is 1. The van der Waals surface area contributed by atoms with Crippen LogP contribution in [0, 0.1) is 10.1 Å². The molecule has 0 aliphatic rings. The predicted octanol–water partition coefficient (Wildman–Crippen LogP) is 2.57. The number of methoxy groups -OCH3 is 1. The lowest BCUT2D eigenvalue weighted by molar-refractivity contribution is -0.385. The van der Waals surface area contributed by atoms with E-state index in [2.05, 4.69) is 5.32 Å². The van der Waals surface area contributed by atoms with Gasteiger partial charge in [-0.25, -0.2) is 0 Å². The summed E-state index contributed by atoms with van der Waals surface area (Å²) in [4.78, 5) is 24.9. The van der Waals surface area contributed by atoms with Crippen molar-refractivity contribution in [3.8, 4) is 5.75 Å². The molecule has 2 rings (SSSR count). The fourth-order valence-corrected chi connectivity index (χ4v) is 2.80. The Kier molecular flexibility index (Phi) is 6.68. The van der Waals surface area contributed by atoms with E-state index in [1.807, 2.05) is 43.3 Å². The first kappa shape index (κ1) is 19.4. The maximum Gasteiger partial charge on any atom is 0.273 e. The Labute approximate surface area is 152 Å². The van der Waals surface area contributed by atoms with Crippen molar-refractivity contribution in [2.45, 2.75) is 12.5 Å². The first-order valence-corrected chi connectivity index (χ1v) is 8.22. The van der Waals surface area contributed by atoms with E-state index < -0.39 is 4.92 Å². The summed E-state index contributed by atoms with van der Waals surface area (Å²) in [5.74, 6) is 0.486. The monoisotopic (exact) mass is 357 g/mol. The number of amides is 1. The number of nitrogens with one attached hydrogen (secondary N) is 1. The van der Waals surface area contributed by atoms with Gasteiger partial charge in [-0.3, -0.25) is 14.9 Å². The van der Waals surface area contributed by atoms with E-state index in [4.69, 9.17) is 4.74 Å². The number of rotatable bonds is 8. The highest BCUT2D eigenvalue weighted by atomic mass is 16.6. The van der Waals surface area contributed by atoms with E-state index in [9.17, 15) is 14.9 Å². The third-order valence-electron chi connectivity index (χ3n) is 4.15. The fraction of sp³-hybridized carbons (Fsp3) is 0.316. The molecule has 1 atom stereocenters. The summed E-state index contributed by atoms with van der Waals surface area (Å²) in [7, 11) is 5.45. The minimum Gasteiger partial charge on any atom is -0.496 e. The van der Waals surface area contributed by atoms with Crippen LogP contribution in [0.2, 0.25) is 0 Å². The van der Waals surface area contributed by atoms with E-state index in [1.54, 1.807) is 25.3 Å². The van der Waals surface area contributed by atoms with Gasteiger partial charge in [0.15, 0.2) is 0 Å². The van der Waals surface area contributed by atoms with Gasteiger partial charge in [-0.15, -0.1) is 0 Å². The second-order valence-electron chi connectivity index (χ2n) is 6.09. The summed E-state index contributed by atoms with van der Waals surface area (Å²) in [6.45, 7) is 0.368. The molecule has 0 saturated carbocycles. The van der Waals surface area contributed by atoms with Crippen molar-refractivity contribution in [2.24, 2.45) is 0 Å². The van der Waals surface area contributed by atoms with Crippen molar-refractivity contribution in [3.05, 3.63) is 69.8 Å². The second kappa shape index (κ2) is 8.96. The molecular weight excluding hydrogens is 334 g/mol. The Bertz CT molecular complexity index is 777. The van der Waals surface area contributed by atoms with Gasteiger partial charge in [0.1, 0.15) is 5.75 Å². The molecule has 7 nitrogen and oxygen atoms in total. The Morgan fingerprint density at radius 2 is 1.85 bits per heavy atom. The summed E-state index contributed by atoms with van der Waals surface area (Å²) in [5, 5.41) is 13.9. The van der Waals surface area contributed by atoms with E-state index in [1.165, 1.54) is 6.07 Å². The zero-order valence-corrected chi connectivity index (χ0v) is 15.1. The van der Waals surface area contributed by atoms with Gasteiger partial charge in [-0.05, 0) is 20.2 Å². The molecular formula is C19H23N3O4. The molecule has 1 unspecified atom stereocenters. The van der Waals surface area contributed by atoms with E-state index >= 15 is 0 Å². The van der Waals surface area contributed by atoms with Crippen LogP contribution in [0.5, 0.6) is 5.75 Å². The van der Waals surface area contributed by atoms with Gasteiger partial charge in [0.2, 0.25) is 5.91 Å². The first-order chi connectivity index (χ1) is 12.4. The molecule has 0 spiro atoms. The highest BCUT2D eigenvalue weighted by Crippen LogP contribution is 2.27. The maximum atomic E-state index is 12.3. The zero-order valence-electron chi connectivity index (χ0n) is 15.1. The molecule has 2 aromatic carbocycles. The van der Waals surface area contributed by atoms with Gasteiger partial charge in [0.05, 0.1) is 24.5 Å². The highest BCUT2D eigenvalue weighted by Gasteiger charge is 2.20. The molecule has 26 heavy (non-hydrogen) atoms.